The first-order valence-corrected chi connectivity index (χ1v) is 8.65. The van der Waals surface area contributed by atoms with Crippen LogP contribution in [0.25, 0.3) is 0 Å². The molecule has 142 valence electrons. The Bertz CT molecular complexity index is 813. The highest BCUT2D eigenvalue weighted by atomic mass is 16.5. The molecule has 0 aliphatic rings. The van der Waals surface area contributed by atoms with Crippen molar-refractivity contribution in [1.82, 2.24) is 4.90 Å². The summed E-state index contributed by atoms with van der Waals surface area (Å²) in [5.41, 5.74) is 2.36. The number of rotatable bonds is 7. The van der Waals surface area contributed by atoms with Gasteiger partial charge in [-0.25, -0.2) is 0 Å². The molecule has 0 aliphatic carbocycles. The van der Waals surface area contributed by atoms with Gasteiger partial charge in [0.2, 0.25) is 5.91 Å². The predicted molar refractivity (Wildman–Crippen MR) is 104 cm³/mol. The molecule has 2 aromatic rings. The van der Waals surface area contributed by atoms with Crippen LogP contribution in [-0.4, -0.2) is 42.2 Å². The molecule has 1 N–H and O–H groups in total. The van der Waals surface area contributed by atoms with Gasteiger partial charge in [-0.1, -0.05) is 17.7 Å². The summed E-state index contributed by atoms with van der Waals surface area (Å²) < 4.78 is 5.61. The number of hydrogen-bond donors (Lipinski definition) is 1. The largest absolute Gasteiger partial charge is 0.481 e. The van der Waals surface area contributed by atoms with Crippen LogP contribution in [0.1, 0.15) is 29.8 Å². The van der Waals surface area contributed by atoms with Crippen LogP contribution in [0.3, 0.4) is 0 Å². The number of carbonyl (C=O) groups is 3. The van der Waals surface area contributed by atoms with Gasteiger partial charge in [0.1, 0.15) is 5.75 Å². The monoisotopic (exact) mass is 368 g/mol. The summed E-state index contributed by atoms with van der Waals surface area (Å²) in [5.74, 6) is -0.152. The number of carbonyl (C=O) groups excluding carboxylic acids is 3. The van der Waals surface area contributed by atoms with Crippen LogP contribution in [0.4, 0.5) is 5.69 Å². The quantitative estimate of drug-likeness (QED) is 0.762. The molecule has 0 saturated carbocycles. The molecule has 0 spiro atoms. The number of aryl methyl sites for hydroxylation is 1. The molecule has 0 fully saturated rings. The number of nitrogens with zero attached hydrogens (tertiary/aromatic N) is 1. The van der Waals surface area contributed by atoms with E-state index in [0.717, 1.165) is 5.56 Å². The molecule has 6 heteroatoms. The van der Waals surface area contributed by atoms with Gasteiger partial charge in [0.15, 0.2) is 11.9 Å². The first-order chi connectivity index (χ1) is 12.8. The number of hydrogen-bond acceptors (Lipinski definition) is 4. The Morgan fingerprint density at radius 1 is 1.04 bits per heavy atom. The van der Waals surface area contributed by atoms with Crippen molar-refractivity contribution in [1.29, 1.82) is 0 Å². The first-order valence-electron chi connectivity index (χ1n) is 8.65. The van der Waals surface area contributed by atoms with Crippen LogP contribution in [-0.2, 0) is 9.59 Å². The van der Waals surface area contributed by atoms with E-state index in [1.165, 1.54) is 11.8 Å². The second kappa shape index (κ2) is 8.98. The van der Waals surface area contributed by atoms with E-state index < -0.39 is 6.10 Å². The number of nitrogens with one attached hydrogen (secondary N) is 1. The number of anilines is 1. The van der Waals surface area contributed by atoms with Crippen molar-refractivity contribution in [2.75, 3.05) is 18.9 Å². The highest BCUT2D eigenvalue weighted by Gasteiger charge is 2.21. The van der Waals surface area contributed by atoms with Gasteiger partial charge in [0.05, 0.1) is 6.54 Å². The van der Waals surface area contributed by atoms with E-state index >= 15 is 0 Å². The van der Waals surface area contributed by atoms with Gasteiger partial charge in [0, 0.05) is 18.3 Å². The maximum absolute atomic E-state index is 12.4. The molecule has 0 radical (unpaired) electrons. The number of benzene rings is 2. The van der Waals surface area contributed by atoms with E-state index in [1.54, 1.807) is 38.2 Å². The van der Waals surface area contributed by atoms with Crippen molar-refractivity contribution < 1.29 is 19.1 Å². The summed E-state index contributed by atoms with van der Waals surface area (Å²) >= 11 is 0. The van der Waals surface area contributed by atoms with Crippen LogP contribution in [0.2, 0.25) is 0 Å². The van der Waals surface area contributed by atoms with Crippen molar-refractivity contribution in [3.8, 4) is 5.75 Å². The molecule has 0 bridgehead atoms. The standard InChI is InChI=1S/C21H24N2O4/c1-14-5-9-18(10-6-14)22-20(25)13-23(4)21(26)16(3)27-19-11-7-17(8-12-19)15(2)24/h5-12,16H,13H2,1-4H3,(H,22,25)/t16-/m0/s1. The maximum Gasteiger partial charge on any atom is 0.263 e. The molecule has 27 heavy (non-hydrogen) atoms. The molecule has 2 rings (SSSR count). The SMILES string of the molecule is CC(=O)c1ccc(O[C@@H](C)C(=O)N(C)CC(=O)Nc2ccc(C)cc2)cc1. The Morgan fingerprint density at radius 3 is 2.19 bits per heavy atom. The number of amides is 2. The summed E-state index contributed by atoms with van der Waals surface area (Å²) in [5, 5.41) is 2.75. The molecule has 0 aliphatic heterocycles. The summed E-state index contributed by atoms with van der Waals surface area (Å²) in [6.07, 6.45) is -0.759. The van der Waals surface area contributed by atoms with Crippen LogP contribution >= 0.6 is 0 Å². The fourth-order valence-electron chi connectivity index (χ4n) is 2.46. The predicted octanol–water partition coefficient (Wildman–Crippen LogP) is 3.06. The molecular weight excluding hydrogens is 344 g/mol. The number of ether oxygens (including phenoxy) is 1. The van der Waals surface area contributed by atoms with E-state index in [0.29, 0.717) is 17.0 Å². The number of Topliss-reactive ketones (excluding diaryl/α,β-unsaturated/α-hetero) is 1. The summed E-state index contributed by atoms with van der Waals surface area (Å²) in [7, 11) is 1.55. The highest BCUT2D eigenvalue weighted by Crippen LogP contribution is 2.15. The van der Waals surface area contributed by atoms with Crippen molar-refractivity contribution >= 4 is 23.3 Å². The summed E-state index contributed by atoms with van der Waals surface area (Å²) in [6.45, 7) is 4.99. The molecule has 2 aromatic carbocycles. The fraction of sp³-hybridized carbons (Fsp3) is 0.286. The van der Waals surface area contributed by atoms with Crippen molar-refractivity contribution in [2.45, 2.75) is 26.9 Å². The van der Waals surface area contributed by atoms with Crippen molar-refractivity contribution in [3.63, 3.8) is 0 Å². The van der Waals surface area contributed by atoms with Crippen molar-refractivity contribution in [2.24, 2.45) is 0 Å². The summed E-state index contributed by atoms with van der Waals surface area (Å²) in [6, 6.07) is 14.0. The van der Waals surface area contributed by atoms with Gasteiger partial charge in [0.25, 0.3) is 5.91 Å². The Morgan fingerprint density at radius 2 is 1.63 bits per heavy atom. The molecule has 0 saturated heterocycles. The van der Waals surface area contributed by atoms with Crippen LogP contribution in [0.15, 0.2) is 48.5 Å². The minimum Gasteiger partial charge on any atom is -0.481 e. The van der Waals surface area contributed by atoms with Crippen LogP contribution in [0.5, 0.6) is 5.75 Å². The Kier molecular flexibility index (Phi) is 6.71. The molecule has 0 unspecified atom stereocenters. The zero-order valence-electron chi connectivity index (χ0n) is 16.0. The van der Waals surface area contributed by atoms with E-state index in [9.17, 15) is 14.4 Å². The molecular formula is C21H24N2O4. The average Bonchev–Trinajstić information content (AvgIpc) is 2.63. The Balaban J connectivity index is 1.88. The van der Waals surface area contributed by atoms with Gasteiger partial charge in [-0.2, -0.15) is 0 Å². The molecule has 0 heterocycles. The second-order valence-corrected chi connectivity index (χ2v) is 6.45. The lowest BCUT2D eigenvalue weighted by Crippen LogP contribution is -2.41. The third kappa shape index (κ3) is 5.95. The topological polar surface area (TPSA) is 75.7 Å². The van der Waals surface area contributed by atoms with Crippen LogP contribution in [0, 0.1) is 6.92 Å². The minimum absolute atomic E-state index is 0.0370. The lowest BCUT2D eigenvalue weighted by molar-refractivity contribution is -0.139. The normalized spacial score (nSPS) is 11.4. The minimum atomic E-state index is -0.759. The zero-order chi connectivity index (χ0) is 20.0. The van der Waals surface area contributed by atoms with E-state index in [2.05, 4.69) is 5.32 Å². The van der Waals surface area contributed by atoms with E-state index in [1.807, 2.05) is 31.2 Å². The Hall–Kier alpha value is -3.15. The third-order valence-corrected chi connectivity index (χ3v) is 4.01. The van der Waals surface area contributed by atoms with Gasteiger partial charge in [-0.15, -0.1) is 0 Å². The van der Waals surface area contributed by atoms with E-state index in [-0.39, 0.29) is 24.1 Å². The smallest absolute Gasteiger partial charge is 0.263 e. The number of likely N-dealkylation sites (N-methyl/N-ethyl adjacent to an activating group) is 1. The Labute approximate surface area is 159 Å². The van der Waals surface area contributed by atoms with Gasteiger partial charge in [-0.05, 0) is 57.2 Å². The van der Waals surface area contributed by atoms with E-state index in [4.69, 9.17) is 4.74 Å². The zero-order valence-corrected chi connectivity index (χ0v) is 16.0. The maximum atomic E-state index is 12.4. The first kappa shape index (κ1) is 20.2. The third-order valence-electron chi connectivity index (χ3n) is 4.01. The molecule has 0 aromatic heterocycles. The van der Waals surface area contributed by atoms with Gasteiger partial charge >= 0.3 is 0 Å². The van der Waals surface area contributed by atoms with Crippen molar-refractivity contribution in [3.05, 3.63) is 59.7 Å². The number of ketones is 1. The molecule has 2 amide bonds. The van der Waals surface area contributed by atoms with Crippen LogP contribution < -0.4 is 10.1 Å². The average molecular weight is 368 g/mol. The highest BCUT2D eigenvalue weighted by molar-refractivity contribution is 5.95. The fourth-order valence-corrected chi connectivity index (χ4v) is 2.46. The lowest BCUT2D eigenvalue weighted by Gasteiger charge is -2.22. The van der Waals surface area contributed by atoms with Gasteiger partial charge in [-0.3, -0.25) is 14.4 Å². The molecule has 1 atom stereocenters. The lowest BCUT2D eigenvalue weighted by atomic mass is 10.1. The molecule has 6 nitrogen and oxygen atoms in total. The van der Waals surface area contributed by atoms with Gasteiger partial charge < -0.3 is 15.0 Å². The second-order valence-electron chi connectivity index (χ2n) is 6.45. The summed E-state index contributed by atoms with van der Waals surface area (Å²) in [4.78, 5) is 37.1.